The first kappa shape index (κ1) is 26.5. The first-order valence-corrected chi connectivity index (χ1v) is 13.3. The van der Waals surface area contributed by atoms with Crippen LogP contribution in [0.2, 0.25) is 0 Å². The fourth-order valence-corrected chi connectivity index (χ4v) is 4.80. The van der Waals surface area contributed by atoms with Crippen molar-refractivity contribution in [1.29, 1.82) is 0 Å². The van der Waals surface area contributed by atoms with Crippen molar-refractivity contribution < 1.29 is 19.2 Å². The maximum atomic E-state index is 12.6. The summed E-state index contributed by atoms with van der Waals surface area (Å²) < 4.78 is 11.6. The van der Waals surface area contributed by atoms with E-state index >= 15 is 0 Å². The third-order valence-corrected chi connectivity index (χ3v) is 6.83. The number of morpholine rings is 1. The second-order valence-electron chi connectivity index (χ2n) is 9.55. The van der Waals surface area contributed by atoms with Crippen molar-refractivity contribution in [3.8, 4) is 11.3 Å². The predicted octanol–water partition coefficient (Wildman–Crippen LogP) is 4.45. The van der Waals surface area contributed by atoms with E-state index in [1.165, 1.54) is 6.07 Å². The molecule has 0 spiro atoms. The fourth-order valence-electron chi connectivity index (χ4n) is 4.80. The average Bonchev–Trinajstić information content (AvgIpc) is 2.96. The Kier molecular flexibility index (Phi) is 8.59. The van der Waals surface area contributed by atoms with Crippen molar-refractivity contribution >= 4 is 28.9 Å². The second kappa shape index (κ2) is 12.6. The highest BCUT2D eigenvalue weighted by atomic mass is 16.6. The van der Waals surface area contributed by atoms with Crippen LogP contribution in [0.3, 0.4) is 0 Å². The Bertz CT molecular complexity index is 1330. The van der Waals surface area contributed by atoms with Gasteiger partial charge in [0, 0.05) is 61.0 Å². The van der Waals surface area contributed by atoms with Gasteiger partial charge in [0.25, 0.3) is 11.6 Å². The molecule has 6 bridgehead atoms. The van der Waals surface area contributed by atoms with Gasteiger partial charge in [-0.15, -0.1) is 0 Å². The number of aromatic nitrogens is 2. The zero-order valence-corrected chi connectivity index (χ0v) is 21.7. The number of nitrogens with one attached hydrogen (secondary N) is 2. The van der Waals surface area contributed by atoms with Gasteiger partial charge in [0.2, 0.25) is 5.95 Å². The highest BCUT2D eigenvalue weighted by Gasteiger charge is 2.21. The summed E-state index contributed by atoms with van der Waals surface area (Å²) in [5.41, 5.74) is 3.70. The number of nitro groups is 1. The molecular formula is C28H32N6O5. The zero-order chi connectivity index (χ0) is 27.0. The molecule has 39 heavy (non-hydrogen) atoms. The summed E-state index contributed by atoms with van der Waals surface area (Å²) in [5, 5.41) is 18.0. The lowest BCUT2D eigenvalue weighted by Crippen LogP contribution is -2.36. The average molecular weight is 533 g/mol. The Morgan fingerprint density at radius 2 is 1.79 bits per heavy atom. The number of rotatable bonds is 2. The van der Waals surface area contributed by atoms with E-state index in [0.29, 0.717) is 50.2 Å². The van der Waals surface area contributed by atoms with Crippen LogP contribution in [0.5, 0.6) is 0 Å². The second-order valence-corrected chi connectivity index (χ2v) is 9.55. The molecule has 204 valence electrons. The fraction of sp³-hybridized carbons (Fsp3) is 0.393. The molecule has 11 nitrogen and oxygen atoms in total. The molecule has 2 aromatic carbocycles. The Labute approximate surface area is 226 Å². The van der Waals surface area contributed by atoms with Crippen LogP contribution < -0.4 is 15.5 Å². The molecular weight excluding hydrogens is 500 g/mol. The van der Waals surface area contributed by atoms with Crippen molar-refractivity contribution in [1.82, 2.24) is 15.3 Å². The Balaban J connectivity index is 1.48. The van der Waals surface area contributed by atoms with Crippen LogP contribution in [0, 0.1) is 10.1 Å². The Hall–Kier alpha value is -4.09. The topological polar surface area (TPSA) is 132 Å². The van der Waals surface area contributed by atoms with E-state index in [0.717, 1.165) is 55.7 Å². The molecule has 11 heteroatoms. The third-order valence-electron chi connectivity index (χ3n) is 6.83. The van der Waals surface area contributed by atoms with Gasteiger partial charge in [-0.05, 0) is 49.2 Å². The lowest BCUT2D eigenvalue weighted by atomic mass is 10.1. The van der Waals surface area contributed by atoms with Crippen LogP contribution in [0.25, 0.3) is 11.3 Å². The van der Waals surface area contributed by atoms with Crippen LogP contribution in [0.1, 0.15) is 41.6 Å². The molecule has 0 unspecified atom stereocenters. The summed E-state index contributed by atoms with van der Waals surface area (Å²) in [6.45, 7) is 4.64. The van der Waals surface area contributed by atoms with E-state index in [4.69, 9.17) is 9.47 Å². The molecule has 4 heterocycles. The Morgan fingerprint density at radius 1 is 0.949 bits per heavy atom. The van der Waals surface area contributed by atoms with E-state index < -0.39 is 4.92 Å². The van der Waals surface area contributed by atoms with Gasteiger partial charge in [-0.3, -0.25) is 14.9 Å². The molecule has 3 aliphatic heterocycles. The van der Waals surface area contributed by atoms with E-state index in [2.05, 4.69) is 31.6 Å². The van der Waals surface area contributed by atoms with E-state index in [-0.39, 0.29) is 17.2 Å². The molecule has 2 N–H and O–H groups in total. The minimum Gasteiger partial charge on any atom is -0.378 e. The van der Waals surface area contributed by atoms with Crippen LogP contribution in [-0.2, 0) is 16.1 Å². The molecule has 1 fully saturated rings. The highest BCUT2D eigenvalue weighted by molar-refractivity contribution is 5.96. The number of amides is 1. The summed E-state index contributed by atoms with van der Waals surface area (Å²) in [6.07, 6.45) is 5.24. The SMILES string of the molecule is O=C1NCCCCCCOCc2cc(ccc2N2CCOCC2)Nc2nccc(n2)-c2ccc1cc2[N+](=O)[O-]. The number of nitro benzene ring substituents is 1. The molecule has 3 aromatic rings. The number of carbonyl (C=O) groups is 1. The summed E-state index contributed by atoms with van der Waals surface area (Å²) in [5.74, 6) is -0.0280. The number of benzene rings is 2. The van der Waals surface area contributed by atoms with Gasteiger partial charge in [-0.2, -0.15) is 0 Å². The molecule has 1 amide bonds. The smallest absolute Gasteiger partial charge is 0.279 e. The lowest BCUT2D eigenvalue weighted by Gasteiger charge is -2.31. The highest BCUT2D eigenvalue weighted by Crippen LogP contribution is 2.31. The number of nitrogens with zero attached hydrogens (tertiary/aromatic N) is 4. The van der Waals surface area contributed by atoms with E-state index in [1.807, 2.05) is 12.1 Å². The van der Waals surface area contributed by atoms with Gasteiger partial charge < -0.3 is 25.0 Å². The standard InChI is InChI=1S/C28H32N6O5/c35-27-20-5-7-23(26(18-20)34(36)37)24-9-11-30-28(32-24)31-22-6-8-25(33-12-15-38-16-13-33)21(17-22)19-39-14-4-2-1-3-10-29-27/h5-9,11,17-18H,1-4,10,12-16,19H2,(H,29,35)(H,30,31,32). The molecule has 1 saturated heterocycles. The lowest BCUT2D eigenvalue weighted by molar-refractivity contribution is -0.384. The first-order valence-electron chi connectivity index (χ1n) is 13.3. The number of anilines is 3. The van der Waals surface area contributed by atoms with Crippen LogP contribution in [0.15, 0.2) is 48.7 Å². The van der Waals surface area contributed by atoms with E-state index in [1.54, 1.807) is 24.4 Å². The number of fused-ring (bicyclic) bond motifs is 11. The van der Waals surface area contributed by atoms with Crippen LogP contribution in [-0.4, -0.2) is 60.3 Å². The number of carbonyl (C=O) groups excluding carboxylic acids is 1. The molecule has 0 radical (unpaired) electrons. The first-order chi connectivity index (χ1) is 19.1. The molecule has 1 aromatic heterocycles. The third kappa shape index (κ3) is 6.68. The zero-order valence-electron chi connectivity index (χ0n) is 21.7. The summed E-state index contributed by atoms with van der Waals surface area (Å²) in [7, 11) is 0. The number of hydrogen-bond acceptors (Lipinski definition) is 9. The van der Waals surface area contributed by atoms with Crippen LogP contribution in [0.4, 0.5) is 23.0 Å². The molecule has 6 rings (SSSR count). The predicted molar refractivity (Wildman–Crippen MR) is 147 cm³/mol. The number of hydrogen-bond donors (Lipinski definition) is 2. The van der Waals surface area contributed by atoms with Gasteiger partial charge in [0.1, 0.15) is 0 Å². The van der Waals surface area contributed by atoms with Gasteiger partial charge in [-0.25, -0.2) is 9.97 Å². The Morgan fingerprint density at radius 3 is 2.64 bits per heavy atom. The minimum atomic E-state index is -0.493. The van der Waals surface area contributed by atoms with E-state index in [9.17, 15) is 14.9 Å². The maximum Gasteiger partial charge on any atom is 0.279 e. The molecule has 3 aliphatic rings. The normalized spacial score (nSPS) is 17.0. The van der Waals surface area contributed by atoms with Crippen molar-refractivity contribution in [2.45, 2.75) is 32.3 Å². The molecule has 0 aliphatic carbocycles. The van der Waals surface area contributed by atoms with Gasteiger partial charge >= 0.3 is 0 Å². The quantitative estimate of drug-likeness (QED) is 0.363. The molecule has 0 saturated carbocycles. The van der Waals surface area contributed by atoms with Crippen molar-refractivity contribution in [2.24, 2.45) is 0 Å². The monoisotopic (exact) mass is 532 g/mol. The van der Waals surface area contributed by atoms with Gasteiger partial charge in [0.05, 0.1) is 36.0 Å². The summed E-state index contributed by atoms with van der Waals surface area (Å²) in [4.78, 5) is 35.2. The van der Waals surface area contributed by atoms with Crippen molar-refractivity contribution in [3.05, 3.63) is 69.9 Å². The van der Waals surface area contributed by atoms with Gasteiger partial charge in [0.15, 0.2) is 0 Å². The van der Waals surface area contributed by atoms with Crippen LogP contribution >= 0.6 is 0 Å². The summed E-state index contributed by atoms with van der Waals surface area (Å²) in [6, 6.07) is 12.1. The maximum absolute atomic E-state index is 12.6. The largest absolute Gasteiger partial charge is 0.378 e. The van der Waals surface area contributed by atoms with Crippen molar-refractivity contribution in [2.75, 3.05) is 49.7 Å². The van der Waals surface area contributed by atoms with Gasteiger partial charge in [-0.1, -0.05) is 12.8 Å². The number of ether oxygens (including phenoxy) is 2. The minimum absolute atomic E-state index is 0.188. The summed E-state index contributed by atoms with van der Waals surface area (Å²) >= 11 is 0. The van der Waals surface area contributed by atoms with Crippen molar-refractivity contribution in [3.63, 3.8) is 0 Å². The molecule has 0 atom stereocenters.